The number of hydrogen-bond donors (Lipinski definition) is 0. The van der Waals surface area contributed by atoms with E-state index in [0.717, 1.165) is 12.0 Å². The van der Waals surface area contributed by atoms with Crippen molar-refractivity contribution in [3.05, 3.63) is 11.1 Å². The number of ether oxygens (including phenoxy) is 1. The normalized spacial score (nSPS) is 29.1. The molecule has 0 aromatic carbocycles. The van der Waals surface area contributed by atoms with Gasteiger partial charge in [0.2, 0.25) is 0 Å². The van der Waals surface area contributed by atoms with Crippen molar-refractivity contribution in [1.82, 2.24) is 0 Å². The fraction of sp³-hybridized carbons (Fsp3) is 0.600. The predicted molar refractivity (Wildman–Crippen MR) is 67.5 cm³/mol. The minimum atomic E-state index is -0.398. The van der Waals surface area contributed by atoms with E-state index < -0.39 is 6.10 Å². The number of carbonyl (C=O) groups excluding carboxylic acids is 2. The van der Waals surface area contributed by atoms with Crippen LogP contribution in [-0.2, 0) is 14.3 Å². The summed E-state index contributed by atoms with van der Waals surface area (Å²) in [7, 11) is 0. The summed E-state index contributed by atoms with van der Waals surface area (Å²) in [6, 6.07) is 0. The van der Waals surface area contributed by atoms with Crippen LogP contribution in [0.25, 0.3) is 0 Å². The van der Waals surface area contributed by atoms with E-state index in [-0.39, 0.29) is 29.5 Å². The van der Waals surface area contributed by atoms with Crippen molar-refractivity contribution >= 4 is 11.8 Å². The second kappa shape index (κ2) is 4.28. The number of esters is 1. The zero-order valence-corrected chi connectivity index (χ0v) is 11.1. The Morgan fingerprint density at radius 2 is 2.17 bits per heavy atom. The molecule has 0 aromatic rings. The molecule has 1 fully saturated rings. The van der Waals surface area contributed by atoms with E-state index in [2.05, 4.69) is 5.92 Å². The van der Waals surface area contributed by atoms with E-state index in [1.165, 1.54) is 0 Å². The van der Waals surface area contributed by atoms with Crippen molar-refractivity contribution < 1.29 is 14.3 Å². The molecule has 0 spiro atoms. The Morgan fingerprint density at radius 3 is 2.67 bits per heavy atom. The molecule has 2 atom stereocenters. The second-order valence-electron chi connectivity index (χ2n) is 5.84. The molecular weight excluding hydrogens is 228 g/mol. The minimum absolute atomic E-state index is 0.0123. The maximum atomic E-state index is 11.9. The first kappa shape index (κ1) is 12.9. The number of hydrogen-bond acceptors (Lipinski definition) is 3. The van der Waals surface area contributed by atoms with Crippen LogP contribution in [0.2, 0.25) is 0 Å². The molecule has 2 aliphatic rings. The fourth-order valence-corrected chi connectivity index (χ4v) is 2.42. The summed E-state index contributed by atoms with van der Waals surface area (Å²) >= 11 is 0. The predicted octanol–water partition coefficient (Wildman–Crippen LogP) is 2.26. The van der Waals surface area contributed by atoms with Crippen molar-refractivity contribution in [2.24, 2.45) is 11.3 Å². The summed E-state index contributed by atoms with van der Waals surface area (Å²) in [5.41, 5.74) is 1.52. The molecule has 2 aliphatic carbocycles. The third-order valence-corrected chi connectivity index (χ3v) is 4.00. The van der Waals surface area contributed by atoms with Gasteiger partial charge in [-0.25, -0.2) is 0 Å². The highest BCUT2D eigenvalue weighted by Gasteiger charge is 2.52. The first-order valence-corrected chi connectivity index (χ1v) is 6.23. The lowest BCUT2D eigenvalue weighted by atomic mass is 10.1. The third-order valence-electron chi connectivity index (χ3n) is 4.00. The lowest BCUT2D eigenvalue weighted by Gasteiger charge is -2.13. The molecule has 0 aromatic heterocycles. The molecule has 0 aliphatic heterocycles. The van der Waals surface area contributed by atoms with E-state index >= 15 is 0 Å². The molecule has 2 rings (SSSR count). The average molecular weight is 246 g/mol. The van der Waals surface area contributed by atoms with Gasteiger partial charge in [-0.3, -0.25) is 9.59 Å². The molecule has 18 heavy (non-hydrogen) atoms. The third kappa shape index (κ3) is 2.20. The number of carbonyl (C=O) groups is 2. The zero-order valence-electron chi connectivity index (χ0n) is 11.1. The molecule has 1 saturated carbocycles. The van der Waals surface area contributed by atoms with Gasteiger partial charge in [0.1, 0.15) is 6.10 Å². The summed E-state index contributed by atoms with van der Waals surface area (Å²) in [5.74, 6) is 2.29. The van der Waals surface area contributed by atoms with Gasteiger partial charge in [-0.1, -0.05) is 13.8 Å². The Kier molecular flexibility index (Phi) is 3.06. The van der Waals surface area contributed by atoms with Crippen molar-refractivity contribution in [1.29, 1.82) is 0 Å². The Morgan fingerprint density at radius 1 is 1.56 bits per heavy atom. The molecule has 0 saturated heterocycles. The van der Waals surface area contributed by atoms with Crippen molar-refractivity contribution in [3.8, 4) is 12.3 Å². The molecule has 0 amide bonds. The van der Waals surface area contributed by atoms with Crippen LogP contribution in [0.15, 0.2) is 11.1 Å². The molecular formula is C15H18O3. The summed E-state index contributed by atoms with van der Waals surface area (Å²) in [6.07, 6.45) is 6.28. The first-order valence-electron chi connectivity index (χ1n) is 6.23. The quantitative estimate of drug-likeness (QED) is 0.566. The Labute approximate surface area is 108 Å². The topological polar surface area (TPSA) is 43.4 Å². The number of allylic oxidation sites excluding steroid dienone is 1. The molecule has 3 nitrogen and oxygen atoms in total. The van der Waals surface area contributed by atoms with E-state index in [0.29, 0.717) is 12.0 Å². The highest BCUT2D eigenvalue weighted by Crippen LogP contribution is 2.52. The highest BCUT2D eigenvalue weighted by molar-refractivity contribution is 6.00. The monoisotopic (exact) mass is 246 g/mol. The van der Waals surface area contributed by atoms with E-state index in [1.54, 1.807) is 0 Å². The Bertz CT molecular complexity index is 476. The van der Waals surface area contributed by atoms with E-state index in [4.69, 9.17) is 11.2 Å². The van der Waals surface area contributed by atoms with Crippen molar-refractivity contribution in [3.63, 3.8) is 0 Å². The molecule has 0 heterocycles. The summed E-state index contributed by atoms with van der Waals surface area (Å²) in [4.78, 5) is 23.6. The fourth-order valence-electron chi connectivity index (χ4n) is 2.42. The van der Waals surface area contributed by atoms with E-state index in [1.807, 2.05) is 20.8 Å². The molecule has 0 radical (unpaired) electrons. The van der Waals surface area contributed by atoms with Gasteiger partial charge in [0.05, 0.1) is 12.3 Å². The van der Waals surface area contributed by atoms with Gasteiger partial charge in [0, 0.05) is 12.0 Å². The maximum Gasteiger partial charge on any atom is 0.310 e. The second-order valence-corrected chi connectivity index (χ2v) is 5.84. The van der Waals surface area contributed by atoms with Gasteiger partial charge >= 0.3 is 5.97 Å². The van der Waals surface area contributed by atoms with Crippen LogP contribution in [-0.4, -0.2) is 17.9 Å². The lowest BCUT2D eigenvalue weighted by molar-refractivity contribution is -0.150. The Hall–Kier alpha value is -1.56. The molecule has 3 heteroatoms. The number of ketones is 1. The van der Waals surface area contributed by atoms with E-state index in [9.17, 15) is 9.59 Å². The average Bonchev–Trinajstić information content (AvgIpc) is 2.85. The molecule has 0 bridgehead atoms. The van der Waals surface area contributed by atoms with Crippen LogP contribution in [0.1, 0.15) is 40.0 Å². The molecule has 0 unspecified atom stereocenters. The number of terminal acetylenes is 1. The van der Waals surface area contributed by atoms with Crippen LogP contribution < -0.4 is 0 Å². The minimum Gasteiger partial charge on any atom is -0.457 e. The first-order chi connectivity index (χ1) is 8.36. The van der Waals surface area contributed by atoms with Gasteiger partial charge in [0.15, 0.2) is 5.78 Å². The Balaban J connectivity index is 2.02. The lowest BCUT2D eigenvalue weighted by Crippen LogP contribution is -2.20. The van der Waals surface area contributed by atoms with Crippen molar-refractivity contribution in [2.75, 3.05) is 0 Å². The standard InChI is InChI=1S/C15H18O3/c1-5-6-10-9(2)13(7-12(10)16)18-14(17)11-8-15(11,3)4/h1,11,13H,6-8H2,2-4H3/t11-,13-/m0/s1. The summed E-state index contributed by atoms with van der Waals surface area (Å²) in [6.45, 7) is 5.92. The van der Waals surface area contributed by atoms with Crippen LogP contribution in [0.5, 0.6) is 0 Å². The van der Waals surface area contributed by atoms with Gasteiger partial charge in [0.25, 0.3) is 0 Å². The number of Topliss-reactive ketones (excluding diaryl/α,β-unsaturated/α-hetero) is 1. The summed E-state index contributed by atoms with van der Waals surface area (Å²) < 4.78 is 5.44. The zero-order chi connectivity index (χ0) is 13.5. The van der Waals surface area contributed by atoms with Crippen LogP contribution in [0, 0.1) is 23.7 Å². The molecule has 0 N–H and O–H groups in total. The smallest absolute Gasteiger partial charge is 0.310 e. The van der Waals surface area contributed by atoms with Crippen LogP contribution in [0.3, 0.4) is 0 Å². The van der Waals surface area contributed by atoms with Gasteiger partial charge in [-0.2, -0.15) is 0 Å². The van der Waals surface area contributed by atoms with Crippen molar-refractivity contribution in [2.45, 2.75) is 46.1 Å². The molecule has 96 valence electrons. The summed E-state index contributed by atoms with van der Waals surface area (Å²) in [5, 5.41) is 0. The van der Waals surface area contributed by atoms with Gasteiger partial charge in [-0.15, -0.1) is 12.3 Å². The SMILES string of the molecule is C#CCC1=C(C)[C@@H](OC(=O)[C@@H]2CC2(C)C)CC1=O. The van der Waals surface area contributed by atoms with Gasteiger partial charge in [-0.05, 0) is 24.3 Å². The maximum absolute atomic E-state index is 11.9. The van der Waals surface area contributed by atoms with Crippen LogP contribution >= 0.6 is 0 Å². The van der Waals surface area contributed by atoms with Crippen LogP contribution in [0.4, 0.5) is 0 Å². The number of rotatable bonds is 3. The van der Waals surface area contributed by atoms with Gasteiger partial charge < -0.3 is 4.74 Å². The highest BCUT2D eigenvalue weighted by atomic mass is 16.5. The largest absolute Gasteiger partial charge is 0.457 e.